The summed E-state index contributed by atoms with van der Waals surface area (Å²) < 4.78 is 11.8. The number of rotatable bonds is 8. The van der Waals surface area contributed by atoms with Gasteiger partial charge in [-0.3, -0.25) is 0 Å². The van der Waals surface area contributed by atoms with E-state index in [0.717, 1.165) is 113 Å². The van der Waals surface area contributed by atoms with Crippen molar-refractivity contribution in [3.63, 3.8) is 0 Å². The topological polar surface area (TPSA) is 43.8 Å². The summed E-state index contributed by atoms with van der Waals surface area (Å²) in [6.07, 6.45) is 0.732. The molecule has 13 aromatic rings. The van der Waals surface area contributed by atoms with E-state index in [1.54, 1.807) is 0 Å². The normalized spacial score (nSPS) is 13.4. The van der Waals surface area contributed by atoms with Gasteiger partial charge in [0.1, 0.15) is 11.5 Å². The molecule has 2 aliphatic rings. The molecule has 15 rings (SSSR count). The van der Waals surface area contributed by atoms with E-state index < -0.39 is 5.41 Å². The van der Waals surface area contributed by atoms with Gasteiger partial charge in [-0.2, -0.15) is 0 Å². The van der Waals surface area contributed by atoms with Crippen molar-refractivity contribution in [1.29, 1.82) is 0 Å². The fourth-order valence-electron chi connectivity index (χ4n) is 12.9. The molecule has 1 aliphatic carbocycles. The maximum Gasteiger partial charge on any atom is 0.160 e. The third-order valence-corrected chi connectivity index (χ3v) is 16.1. The van der Waals surface area contributed by atoms with Gasteiger partial charge in [0.2, 0.25) is 0 Å². The number of ether oxygens (including phenoxy) is 1. The van der Waals surface area contributed by atoms with Crippen molar-refractivity contribution >= 4 is 60.9 Å². The number of hydrogen-bond acceptors (Lipinski definition) is 2. The van der Waals surface area contributed by atoms with Crippen molar-refractivity contribution in [1.82, 2.24) is 9.13 Å². The summed E-state index contributed by atoms with van der Waals surface area (Å²) in [5.74, 6) is 2.28. The first-order valence-corrected chi connectivity index (χ1v) is 26.8. The predicted octanol–water partition coefficient (Wildman–Crippen LogP) is 18.3. The number of nitrogens with zero attached hydrogens (tertiary/aromatic N) is 4. The van der Waals surface area contributed by atoms with E-state index in [9.17, 15) is 0 Å². The molecule has 0 saturated heterocycles. The van der Waals surface area contributed by atoms with E-state index in [4.69, 9.17) is 21.3 Å². The van der Waals surface area contributed by atoms with Crippen LogP contribution in [-0.2, 0) is 5.41 Å². The van der Waals surface area contributed by atoms with E-state index in [1.807, 2.05) is 24.3 Å². The Balaban J connectivity index is 1.07. The van der Waals surface area contributed by atoms with Gasteiger partial charge in [0, 0.05) is 66.4 Å². The molecule has 0 bridgehead atoms. The van der Waals surface area contributed by atoms with Crippen molar-refractivity contribution < 1.29 is 4.74 Å². The van der Waals surface area contributed by atoms with Crippen molar-refractivity contribution in [3.8, 4) is 45.1 Å². The molecule has 5 nitrogen and oxygen atoms in total. The molecule has 0 radical (unpaired) electrons. The SMILES string of the molecule is C=C(N=C(N=C(CC)c1ccccc1)c1ccccc1)c1cccc2c1-c1cc(-c3c4c5ccccc5n(-c5ccccc5)c4cc4c5ccccc5n(-c5ccccc5)c34)ccc1C21c2ccccc2Oc2ccccc21. The van der Waals surface area contributed by atoms with Gasteiger partial charge in [-0.15, -0.1) is 0 Å². The maximum absolute atomic E-state index is 6.85. The quantitative estimate of drug-likeness (QED) is 0.110. The molecule has 78 heavy (non-hydrogen) atoms. The molecule has 1 spiro atoms. The van der Waals surface area contributed by atoms with Crippen LogP contribution in [0.3, 0.4) is 0 Å². The molecule has 2 aromatic heterocycles. The summed E-state index contributed by atoms with van der Waals surface area (Å²) in [6, 6.07) is 93.6. The Labute approximate surface area is 452 Å². The zero-order valence-electron chi connectivity index (χ0n) is 42.9. The molecule has 3 heterocycles. The molecule has 0 atom stereocenters. The highest BCUT2D eigenvalue weighted by Gasteiger charge is 2.52. The molecule has 5 heteroatoms. The Morgan fingerprint density at radius 2 is 1.00 bits per heavy atom. The van der Waals surface area contributed by atoms with E-state index in [2.05, 4.69) is 253 Å². The minimum atomic E-state index is -0.749. The van der Waals surface area contributed by atoms with Gasteiger partial charge in [0.05, 0.1) is 33.2 Å². The summed E-state index contributed by atoms with van der Waals surface area (Å²) in [7, 11) is 0. The highest BCUT2D eigenvalue weighted by molar-refractivity contribution is 6.27. The van der Waals surface area contributed by atoms with Crippen LogP contribution in [0.1, 0.15) is 52.3 Å². The van der Waals surface area contributed by atoms with Crippen LogP contribution in [0.5, 0.6) is 11.5 Å². The Bertz CT molecular complexity index is 4570. The average molecular weight is 999 g/mol. The van der Waals surface area contributed by atoms with E-state index in [1.165, 1.54) is 27.1 Å². The van der Waals surface area contributed by atoms with Gasteiger partial charge in [-0.05, 0) is 100 Å². The lowest BCUT2D eigenvalue weighted by Crippen LogP contribution is -2.32. The molecule has 1 aliphatic heterocycles. The van der Waals surface area contributed by atoms with Crippen LogP contribution in [0, 0.1) is 0 Å². The van der Waals surface area contributed by atoms with Crippen LogP contribution in [0.2, 0.25) is 0 Å². The Morgan fingerprint density at radius 1 is 0.449 bits per heavy atom. The summed E-state index contributed by atoms with van der Waals surface area (Å²) in [6.45, 7) is 7.03. The van der Waals surface area contributed by atoms with Crippen LogP contribution >= 0.6 is 0 Å². The lowest BCUT2D eigenvalue weighted by Gasteiger charge is -2.39. The van der Waals surface area contributed by atoms with Gasteiger partial charge >= 0.3 is 0 Å². The third-order valence-electron chi connectivity index (χ3n) is 16.1. The Morgan fingerprint density at radius 3 is 1.67 bits per heavy atom. The van der Waals surface area contributed by atoms with E-state index in [-0.39, 0.29) is 0 Å². The number of amidine groups is 1. The molecular formula is C73H50N4O. The first-order valence-electron chi connectivity index (χ1n) is 26.8. The maximum atomic E-state index is 6.85. The van der Waals surface area contributed by atoms with Crippen LogP contribution in [0.15, 0.2) is 277 Å². The third kappa shape index (κ3) is 6.74. The second kappa shape index (κ2) is 18.0. The highest BCUT2D eigenvalue weighted by Crippen LogP contribution is 2.64. The molecular weight excluding hydrogens is 949 g/mol. The van der Waals surface area contributed by atoms with Crippen molar-refractivity contribution in [2.75, 3.05) is 0 Å². The minimum absolute atomic E-state index is 0.611. The molecule has 368 valence electrons. The first-order chi connectivity index (χ1) is 38.6. The molecule has 0 amide bonds. The van der Waals surface area contributed by atoms with Gasteiger partial charge in [-0.1, -0.05) is 214 Å². The molecule has 11 aromatic carbocycles. The number of benzene rings is 11. The number of fused-ring (bicyclic) bond motifs is 15. The van der Waals surface area contributed by atoms with E-state index >= 15 is 0 Å². The molecule has 0 N–H and O–H groups in total. The first kappa shape index (κ1) is 45.3. The predicted molar refractivity (Wildman–Crippen MR) is 323 cm³/mol. The van der Waals surface area contributed by atoms with Crippen LogP contribution < -0.4 is 4.74 Å². The standard InChI is InChI=1S/C73H50N4O/c1-3-62(48-25-8-4-9-26-48)75-72(49-27-10-5-11-28-49)74-47(2)53-35-24-38-61-69(53)57-45-50(43-44-58(57)73(61)59-36-18-22-41-66(59)78-67-42-23-19-37-60(67)73)68-70-55-34-17-21-40-64(55)76(51-29-12-6-13-30-51)65(70)46-56-54-33-16-20-39-63(54)77(71(56)68)52-31-14-7-15-32-52/h4-46H,2-3H2,1H3. The van der Waals surface area contributed by atoms with E-state index in [0.29, 0.717) is 11.5 Å². The summed E-state index contributed by atoms with van der Waals surface area (Å²) in [5.41, 5.74) is 19.5. The summed E-state index contributed by atoms with van der Waals surface area (Å²) in [5, 5.41) is 4.74. The monoisotopic (exact) mass is 998 g/mol. The second-order valence-corrected chi connectivity index (χ2v) is 20.3. The van der Waals surface area contributed by atoms with Crippen molar-refractivity contribution in [2.45, 2.75) is 18.8 Å². The fraction of sp³-hybridized carbons (Fsp3) is 0.0411. The second-order valence-electron chi connectivity index (χ2n) is 20.3. The molecule has 0 fully saturated rings. The van der Waals surface area contributed by atoms with Crippen LogP contribution in [0.25, 0.3) is 82.9 Å². The van der Waals surface area contributed by atoms with Gasteiger partial charge in [0.15, 0.2) is 5.84 Å². The van der Waals surface area contributed by atoms with Crippen molar-refractivity contribution in [3.05, 3.63) is 306 Å². The van der Waals surface area contributed by atoms with Gasteiger partial charge < -0.3 is 13.9 Å². The lowest BCUT2D eigenvalue weighted by atomic mass is 9.66. The lowest BCUT2D eigenvalue weighted by molar-refractivity contribution is 0.436. The highest BCUT2D eigenvalue weighted by atomic mass is 16.5. The Hall–Kier alpha value is -10.1. The zero-order chi connectivity index (χ0) is 51.9. The average Bonchev–Trinajstić information content (AvgIpc) is 4.04. The number of para-hydroxylation sites is 6. The molecule has 0 unspecified atom stereocenters. The van der Waals surface area contributed by atoms with Crippen LogP contribution in [-0.4, -0.2) is 20.7 Å². The summed E-state index contributed by atoms with van der Waals surface area (Å²) >= 11 is 0. The van der Waals surface area contributed by atoms with Crippen LogP contribution in [0.4, 0.5) is 0 Å². The van der Waals surface area contributed by atoms with Gasteiger partial charge in [0.25, 0.3) is 0 Å². The minimum Gasteiger partial charge on any atom is -0.457 e. The number of hydrogen-bond donors (Lipinski definition) is 0. The smallest absolute Gasteiger partial charge is 0.160 e. The zero-order valence-corrected chi connectivity index (χ0v) is 42.9. The van der Waals surface area contributed by atoms with Crippen molar-refractivity contribution in [2.24, 2.45) is 9.98 Å². The summed E-state index contributed by atoms with van der Waals surface area (Å²) in [4.78, 5) is 10.9. The number of aliphatic imine (C=N–C) groups is 2. The van der Waals surface area contributed by atoms with Gasteiger partial charge in [-0.25, -0.2) is 9.98 Å². The Kier molecular flexibility index (Phi) is 10.5. The number of aromatic nitrogens is 2. The molecule has 0 saturated carbocycles. The largest absolute Gasteiger partial charge is 0.457 e. The fourth-order valence-corrected chi connectivity index (χ4v) is 12.9.